The zero-order valence-corrected chi connectivity index (χ0v) is 6.28. The Morgan fingerprint density at radius 2 is 2.20 bits per heavy atom. The molecule has 0 aliphatic rings. The standard InChI is InChI=1S/C6H13NO3/c1-3-4-6(5(2)8)7(9)10/h5-6,8H,3-4H2,1-2H3. The fourth-order valence-electron chi connectivity index (χ4n) is 0.819. The van der Waals surface area contributed by atoms with Gasteiger partial charge in [0, 0.05) is 11.3 Å². The summed E-state index contributed by atoms with van der Waals surface area (Å²) in [6.07, 6.45) is 0.344. The fraction of sp³-hybridized carbons (Fsp3) is 1.00. The van der Waals surface area contributed by atoms with Gasteiger partial charge in [0.05, 0.1) is 0 Å². The van der Waals surface area contributed by atoms with Gasteiger partial charge >= 0.3 is 0 Å². The second-order valence-electron chi connectivity index (χ2n) is 2.38. The largest absolute Gasteiger partial charge is 0.386 e. The molecule has 0 saturated carbocycles. The van der Waals surface area contributed by atoms with Gasteiger partial charge in [-0.3, -0.25) is 10.1 Å². The van der Waals surface area contributed by atoms with E-state index in [-0.39, 0.29) is 0 Å². The van der Waals surface area contributed by atoms with Gasteiger partial charge < -0.3 is 5.11 Å². The van der Waals surface area contributed by atoms with E-state index in [1.165, 1.54) is 6.92 Å². The first-order valence-corrected chi connectivity index (χ1v) is 3.41. The van der Waals surface area contributed by atoms with E-state index in [9.17, 15) is 10.1 Å². The lowest BCUT2D eigenvalue weighted by atomic mass is 10.1. The first-order chi connectivity index (χ1) is 4.59. The molecule has 0 spiro atoms. The number of aliphatic hydroxyl groups is 1. The van der Waals surface area contributed by atoms with Gasteiger partial charge in [-0.05, 0) is 13.3 Å². The molecular weight excluding hydrogens is 134 g/mol. The van der Waals surface area contributed by atoms with Crippen LogP contribution in [-0.2, 0) is 0 Å². The lowest BCUT2D eigenvalue weighted by molar-refractivity contribution is -0.534. The smallest absolute Gasteiger partial charge is 0.238 e. The summed E-state index contributed by atoms with van der Waals surface area (Å²) in [5, 5.41) is 19.0. The number of nitrogens with zero attached hydrogens (tertiary/aromatic N) is 1. The molecule has 0 heterocycles. The summed E-state index contributed by atoms with van der Waals surface area (Å²) in [5.41, 5.74) is 0. The summed E-state index contributed by atoms with van der Waals surface area (Å²) >= 11 is 0. The molecule has 0 bridgehead atoms. The molecule has 0 saturated heterocycles. The third-order valence-corrected chi connectivity index (χ3v) is 1.41. The maximum absolute atomic E-state index is 10.2. The Hall–Kier alpha value is -0.640. The summed E-state index contributed by atoms with van der Waals surface area (Å²) in [4.78, 5) is 9.75. The third-order valence-electron chi connectivity index (χ3n) is 1.41. The van der Waals surface area contributed by atoms with Gasteiger partial charge in [0.1, 0.15) is 6.10 Å². The molecular formula is C6H13NO3. The Labute approximate surface area is 60.0 Å². The van der Waals surface area contributed by atoms with E-state index in [1.54, 1.807) is 0 Å². The topological polar surface area (TPSA) is 63.4 Å². The molecule has 0 amide bonds. The number of rotatable bonds is 4. The normalized spacial score (nSPS) is 16.3. The van der Waals surface area contributed by atoms with Crippen LogP contribution in [0.4, 0.5) is 0 Å². The highest BCUT2D eigenvalue weighted by Gasteiger charge is 2.24. The lowest BCUT2D eigenvalue weighted by Gasteiger charge is -2.09. The van der Waals surface area contributed by atoms with Crippen molar-refractivity contribution in [2.24, 2.45) is 0 Å². The van der Waals surface area contributed by atoms with Crippen LogP contribution in [0.2, 0.25) is 0 Å². The van der Waals surface area contributed by atoms with Crippen LogP contribution >= 0.6 is 0 Å². The molecule has 0 aliphatic carbocycles. The van der Waals surface area contributed by atoms with Crippen LogP contribution in [0.5, 0.6) is 0 Å². The zero-order chi connectivity index (χ0) is 8.15. The van der Waals surface area contributed by atoms with Crippen LogP contribution in [0.15, 0.2) is 0 Å². The van der Waals surface area contributed by atoms with Crippen LogP contribution in [0.1, 0.15) is 26.7 Å². The monoisotopic (exact) mass is 147 g/mol. The van der Waals surface area contributed by atoms with Gasteiger partial charge in [0.15, 0.2) is 0 Å². The van der Waals surface area contributed by atoms with E-state index in [4.69, 9.17) is 5.11 Å². The van der Waals surface area contributed by atoms with E-state index in [1.807, 2.05) is 6.92 Å². The molecule has 60 valence electrons. The van der Waals surface area contributed by atoms with Gasteiger partial charge in [0.25, 0.3) is 0 Å². The molecule has 4 heteroatoms. The molecule has 10 heavy (non-hydrogen) atoms. The van der Waals surface area contributed by atoms with E-state index < -0.39 is 17.1 Å². The minimum atomic E-state index is -0.838. The Morgan fingerprint density at radius 3 is 2.30 bits per heavy atom. The third kappa shape index (κ3) is 2.77. The van der Waals surface area contributed by atoms with Crippen molar-refractivity contribution in [3.05, 3.63) is 10.1 Å². The summed E-state index contributed by atoms with van der Waals surface area (Å²) in [7, 11) is 0. The average Bonchev–Trinajstić information content (AvgIpc) is 1.81. The molecule has 0 aromatic heterocycles. The predicted molar refractivity (Wildman–Crippen MR) is 37.4 cm³/mol. The summed E-state index contributed by atoms with van der Waals surface area (Å²) < 4.78 is 0. The van der Waals surface area contributed by atoms with Crippen molar-refractivity contribution < 1.29 is 10.0 Å². The minimum absolute atomic E-state index is 0.422. The molecule has 0 aliphatic heterocycles. The van der Waals surface area contributed by atoms with Crippen molar-refractivity contribution in [2.45, 2.75) is 38.8 Å². The van der Waals surface area contributed by atoms with Crippen molar-refractivity contribution in [1.29, 1.82) is 0 Å². The van der Waals surface area contributed by atoms with Gasteiger partial charge in [-0.1, -0.05) is 6.92 Å². The van der Waals surface area contributed by atoms with Gasteiger partial charge in [-0.25, -0.2) is 0 Å². The molecule has 2 unspecified atom stereocenters. The lowest BCUT2D eigenvalue weighted by Crippen LogP contribution is -2.30. The quantitative estimate of drug-likeness (QED) is 0.472. The zero-order valence-electron chi connectivity index (χ0n) is 6.28. The Balaban J connectivity index is 3.85. The van der Waals surface area contributed by atoms with Gasteiger partial charge in [-0.15, -0.1) is 0 Å². The maximum Gasteiger partial charge on any atom is 0.238 e. The van der Waals surface area contributed by atoms with E-state index in [0.29, 0.717) is 6.42 Å². The summed E-state index contributed by atoms with van der Waals surface area (Å²) in [6, 6.07) is -0.787. The molecule has 0 rings (SSSR count). The second-order valence-corrected chi connectivity index (χ2v) is 2.38. The SMILES string of the molecule is CCCC(C(C)O)[N+](=O)[O-]. The summed E-state index contributed by atoms with van der Waals surface area (Å²) in [6.45, 7) is 3.31. The van der Waals surface area contributed by atoms with Gasteiger partial charge in [-0.2, -0.15) is 0 Å². The van der Waals surface area contributed by atoms with Crippen molar-refractivity contribution in [3.8, 4) is 0 Å². The van der Waals surface area contributed by atoms with Crippen LogP contribution in [0, 0.1) is 10.1 Å². The van der Waals surface area contributed by atoms with E-state index >= 15 is 0 Å². The first kappa shape index (κ1) is 9.36. The number of aliphatic hydroxyl groups excluding tert-OH is 1. The van der Waals surface area contributed by atoms with E-state index in [0.717, 1.165) is 6.42 Å². The highest BCUT2D eigenvalue weighted by molar-refractivity contribution is 4.61. The Morgan fingerprint density at radius 1 is 1.70 bits per heavy atom. The molecule has 2 atom stereocenters. The number of nitro groups is 1. The molecule has 1 N–H and O–H groups in total. The van der Waals surface area contributed by atoms with Crippen LogP contribution < -0.4 is 0 Å². The molecule has 0 radical (unpaired) electrons. The average molecular weight is 147 g/mol. The minimum Gasteiger partial charge on any atom is -0.386 e. The first-order valence-electron chi connectivity index (χ1n) is 3.41. The van der Waals surface area contributed by atoms with Crippen molar-refractivity contribution >= 4 is 0 Å². The Kier molecular flexibility index (Phi) is 3.95. The van der Waals surface area contributed by atoms with Gasteiger partial charge in [0.2, 0.25) is 6.04 Å². The molecule has 4 nitrogen and oxygen atoms in total. The fourth-order valence-corrected chi connectivity index (χ4v) is 0.819. The molecule has 0 aromatic carbocycles. The Bertz CT molecular complexity index is 114. The maximum atomic E-state index is 10.2. The highest BCUT2D eigenvalue weighted by atomic mass is 16.6. The van der Waals surface area contributed by atoms with Crippen LogP contribution in [-0.4, -0.2) is 22.2 Å². The van der Waals surface area contributed by atoms with Crippen LogP contribution in [0.3, 0.4) is 0 Å². The summed E-state index contributed by atoms with van der Waals surface area (Å²) in [5.74, 6) is 0. The molecule has 0 aromatic rings. The molecule has 0 fully saturated rings. The highest BCUT2D eigenvalue weighted by Crippen LogP contribution is 2.05. The number of hydrogen-bond donors (Lipinski definition) is 1. The van der Waals surface area contributed by atoms with Crippen LogP contribution in [0.25, 0.3) is 0 Å². The number of hydrogen-bond acceptors (Lipinski definition) is 3. The van der Waals surface area contributed by atoms with Crippen molar-refractivity contribution in [3.63, 3.8) is 0 Å². The van der Waals surface area contributed by atoms with Crippen molar-refractivity contribution in [1.82, 2.24) is 0 Å². The van der Waals surface area contributed by atoms with E-state index in [2.05, 4.69) is 0 Å². The second kappa shape index (κ2) is 4.22. The van der Waals surface area contributed by atoms with Crippen molar-refractivity contribution in [2.75, 3.05) is 0 Å². The predicted octanol–water partition coefficient (Wildman–Crippen LogP) is 0.813.